The van der Waals surface area contributed by atoms with Crippen molar-refractivity contribution >= 4 is 17.5 Å². The van der Waals surface area contributed by atoms with Crippen molar-refractivity contribution in [3.8, 4) is 5.69 Å². The standard InChI is InChI=1S/C17H18FN5O2/c1-11-19-7-8-23(11)15-5-3-13(18)9-12(15)10-20-17(25)14-4-6-16(24)22(2)21-14/h3,5,7-9H,4,6,10H2,1-2H3,(H,20,25). The van der Waals surface area contributed by atoms with Crippen molar-refractivity contribution in [3.05, 3.63) is 47.8 Å². The molecule has 2 heterocycles. The molecule has 1 aromatic carbocycles. The van der Waals surface area contributed by atoms with E-state index in [-0.39, 0.29) is 30.6 Å². The predicted molar refractivity (Wildman–Crippen MR) is 89.5 cm³/mol. The van der Waals surface area contributed by atoms with Crippen LogP contribution in [0.4, 0.5) is 4.39 Å². The van der Waals surface area contributed by atoms with E-state index in [9.17, 15) is 14.0 Å². The lowest BCUT2D eigenvalue weighted by atomic mass is 10.1. The Morgan fingerprint density at radius 3 is 2.84 bits per heavy atom. The second-order valence-corrected chi connectivity index (χ2v) is 5.76. The fourth-order valence-electron chi connectivity index (χ4n) is 2.67. The van der Waals surface area contributed by atoms with Gasteiger partial charge in [-0.25, -0.2) is 14.4 Å². The van der Waals surface area contributed by atoms with E-state index >= 15 is 0 Å². The zero-order chi connectivity index (χ0) is 18.0. The lowest BCUT2D eigenvalue weighted by Gasteiger charge is -2.19. The van der Waals surface area contributed by atoms with Crippen molar-refractivity contribution in [1.29, 1.82) is 0 Å². The van der Waals surface area contributed by atoms with Crippen molar-refractivity contribution in [2.24, 2.45) is 5.10 Å². The molecule has 0 unspecified atom stereocenters. The van der Waals surface area contributed by atoms with E-state index in [1.807, 2.05) is 11.5 Å². The van der Waals surface area contributed by atoms with E-state index in [4.69, 9.17) is 0 Å². The van der Waals surface area contributed by atoms with Gasteiger partial charge in [0.15, 0.2) is 0 Å². The molecule has 25 heavy (non-hydrogen) atoms. The van der Waals surface area contributed by atoms with Crippen LogP contribution in [-0.2, 0) is 16.1 Å². The fourth-order valence-corrected chi connectivity index (χ4v) is 2.67. The molecular weight excluding hydrogens is 325 g/mol. The summed E-state index contributed by atoms with van der Waals surface area (Å²) >= 11 is 0. The van der Waals surface area contributed by atoms with E-state index in [0.717, 1.165) is 11.5 Å². The maximum absolute atomic E-state index is 13.7. The highest BCUT2D eigenvalue weighted by atomic mass is 19.1. The molecule has 7 nitrogen and oxygen atoms in total. The third-order valence-corrected chi connectivity index (χ3v) is 4.04. The van der Waals surface area contributed by atoms with Crippen LogP contribution in [0.2, 0.25) is 0 Å². The normalized spacial score (nSPS) is 14.4. The van der Waals surface area contributed by atoms with Crippen LogP contribution < -0.4 is 5.32 Å². The zero-order valence-electron chi connectivity index (χ0n) is 14.0. The van der Waals surface area contributed by atoms with Crippen LogP contribution in [0.5, 0.6) is 0 Å². The summed E-state index contributed by atoms with van der Waals surface area (Å²) in [6.07, 6.45) is 3.98. The Kier molecular flexibility index (Phi) is 4.60. The number of carbonyl (C=O) groups is 2. The maximum atomic E-state index is 13.7. The lowest BCUT2D eigenvalue weighted by Crippen LogP contribution is -2.37. The second-order valence-electron chi connectivity index (χ2n) is 5.76. The first-order chi connectivity index (χ1) is 12.0. The van der Waals surface area contributed by atoms with Gasteiger partial charge in [-0.2, -0.15) is 5.10 Å². The Hall–Kier alpha value is -3.03. The molecule has 0 bridgehead atoms. The largest absolute Gasteiger partial charge is 0.347 e. The topological polar surface area (TPSA) is 79.6 Å². The molecule has 1 N–H and O–H groups in total. The van der Waals surface area contributed by atoms with Gasteiger partial charge in [0.2, 0.25) is 5.91 Å². The molecule has 8 heteroatoms. The molecule has 2 aromatic rings. The SMILES string of the molecule is Cc1nccn1-c1ccc(F)cc1CNC(=O)C1=NN(C)C(=O)CC1. The summed E-state index contributed by atoms with van der Waals surface area (Å²) in [6, 6.07) is 4.40. The molecule has 0 atom stereocenters. The number of amides is 2. The Morgan fingerprint density at radius 1 is 1.36 bits per heavy atom. The van der Waals surface area contributed by atoms with Crippen LogP contribution in [0.3, 0.4) is 0 Å². The van der Waals surface area contributed by atoms with Crippen molar-refractivity contribution in [3.63, 3.8) is 0 Å². The number of benzene rings is 1. The molecule has 0 saturated heterocycles. The average Bonchev–Trinajstić information content (AvgIpc) is 3.01. The van der Waals surface area contributed by atoms with Gasteiger partial charge in [-0.05, 0) is 30.7 Å². The van der Waals surface area contributed by atoms with E-state index in [2.05, 4.69) is 15.4 Å². The molecule has 0 radical (unpaired) electrons. The first kappa shape index (κ1) is 16.8. The number of hydrogen-bond acceptors (Lipinski definition) is 4. The Bertz CT molecular complexity index is 858. The first-order valence-corrected chi connectivity index (χ1v) is 7.86. The molecule has 0 fully saturated rings. The van der Waals surface area contributed by atoms with Crippen LogP contribution in [0.1, 0.15) is 24.2 Å². The Morgan fingerprint density at radius 2 is 2.16 bits per heavy atom. The monoisotopic (exact) mass is 343 g/mol. The summed E-state index contributed by atoms with van der Waals surface area (Å²) in [4.78, 5) is 27.9. The van der Waals surface area contributed by atoms with Gasteiger partial charge in [-0.15, -0.1) is 0 Å². The molecule has 0 saturated carbocycles. The molecule has 1 aliphatic heterocycles. The van der Waals surface area contributed by atoms with Gasteiger partial charge >= 0.3 is 0 Å². The van der Waals surface area contributed by atoms with Crippen LogP contribution in [0, 0.1) is 12.7 Å². The third kappa shape index (κ3) is 3.57. The number of hydrazone groups is 1. The van der Waals surface area contributed by atoms with Crippen LogP contribution >= 0.6 is 0 Å². The highest BCUT2D eigenvalue weighted by molar-refractivity contribution is 6.39. The number of halogens is 1. The van der Waals surface area contributed by atoms with Crippen molar-refractivity contribution in [2.45, 2.75) is 26.3 Å². The van der Waals surface area contributed by atoms with Crippen LogP contribution in [0.15, 0.2) is 35.7 Å². The summed E-state index contributed by atoms with van der Waals surface area (Å²) in [6.45, 7) is 1.98. The molecule has 1 aliphatic rings. The smallest absolute Gasteiger partial charge is 0.267 e. The lowest BCUT2D eigenvalue weighted by molar-refractivity contribution is -0.130. The minimum atomic E-state index is -0.383. The number of carbonyl (C=O) groups excluding carboxylic acids is 2. The van der Waals surface area contributed by atoms with Gasteiger partial charge in [0.05, 0.1) is 5.69 Å². The zero-order valence-corrected chi connectivity index (χ0v) is 14.0. The summed E-state index contributed by atoms with van der Waals surface area (Å²) < 4.78 is 15.5. The summed E-state index contributed by atoms with van der Waals surface area (Å²) in [5.41, 5.74) is 1.66. The van der Waals surface area contributed by atoms with E-state index in [1.54, 1.807) is 18.5 Å². The molecule has 0 spiro atoms. The summed E-state index contributed by atoms with van der Waals surface area (Å²) in [5.74, 6) is -0.112. The van der Waals surface area contributed by atoms with Crippen molar-refractivity contribution in [1.82, 2.24) is 19.9 Å². The molecular formula is C17H18FN5O2. The minimum Gasteiger partial charge on any atom is -0.347 e. The Balaban J connectivity index is 1.78. The van der Waals surface area contributed by atoms with E-state index in [0.29, 0.717) is 17.7 Å². The van der Waals surface area contributed by atoms with Crippen molar-refractivity contribution in [2.75, 3.05) is 7.05 Å². The highest BCUT2D eigenvalue weighted by Gasteiger charge is 2.22. The average molecular weight is 343 g/mol. The maximum Gasteiger partial charge on any atom is 0.267 e. The number of rotatable bonds is 4. The second kappa shape index (κ2) is 6.84. The minimum absolute atomic E-state index is 0.125. The van der Waals surface area contributed by atoms with Gasteiger partial charge < -0.3 is 9.88 Å². The molecule has 2 amide bonds. The summed E-state index contributed by atoms with van der Waals surface area (Å²) in [5, 5.41) is 7.89. The number of imidazole rings is 1. The predicted octanol–water partition coefficient (Wildman–Crippen LogP) is 1.54. The summed E-state index contributed by atoms with van der Waals surface area (Å²) in [7, 11) is 1.52. The van der Waals surface area contributed by atoms with Crippen LogP contribution in [-0.4, -0.2) is 39.1 Å². The number of aryl methyl sites for hydroxylation is 1. The fraction of sp³-hybridized carbons (Fsp3) is 0.294. The number of nitrogens with zero attached hydrogens (tertiary/aromatic N) is 4. The molecule has 130 valence electrons. The number of nitrogens with one attached hydrogen (secondary N) is 1. The van der Waals surface area contributed by atoms with Crippen molar-refractivity contribution < 1.29 is 14.0 Å². The van der Waals surface area contributed by atoms with Crippen LogP contribution in [0.25, 0.3) is 5.69 Å². The quantitative estimate of drug-likeness (QED) is 0.915. The van der Waals surface area contributed by atoms with E-state index in [1.165, 1.54) is 24.2 Å². The van der Waals surface area contributed by atoms with Gasteiger partial charge in [-0.1, -0.05) is 0 Å². The molecule has 0 aliphatic carbocycles. The van der Waals surface area contributed by atoms with Gasteiger partial charge in [0.1, 0.15) is 17.4 Å². The highest BCUT2D eigenvalue weighted by Crippen LogP contribution is 2.18. The number of hydrogen-bond donors (Lipinski definition) is 1. The molecule has 1 aromatic heterocycles. The van der Waals surface area contributed by atoms with Gasteiger partial charge in [-0.3, -0.25) is 9.59 Å². The van der Waals surface area contributed by atoms with E-state index < -0.39 is 0 Å². The van der Waals surface area contributed by atoms with Gasteiger partial charge in [0, 0.05) is 38.8 Å². The first-order valence-electron chi connectivity index (χ1n) is 7.86. The molecule has 3 rings (SSSR count). The Labute approximate surface area is 144 Å². The van der Waals surface area contributed by atoms with Gasteiger partial charge in [0.25, 0.3) is 5.91 Å². The third-order valence-electron chi connectivity index (χ3n) is 4.04. The number of aromatic nitrogens is 2.